The number of thiophene rings is 1. The maximum atomic E-state index is 14.2. The number of benzene rings is 2. The van der Waals surface area contributed by atoms with Gasteiger partial charge in [0.25, 0.3) is 0 Å². The number of carboxylic acid groups (broad SMARTS) is 1. The molecule has 2 heterocycles. The first kappa shape index (κ1) is 27.1. The number of likely N-dealkylation sites (tertiary alicyclic amines) is 1. The maximum absolute atomic E-state index is 14.2. The van der Waals surface area contributed by atoms with Crippen LogP contribution in [0.15, 0.2) is 78.2 Å². The standard InChI is InChI=1S/C33H35NO4S/c1-33(2,3)24-17-15-22(16-18-24)27-28(30(35)26-13-8-20-39-26)25(19-14-21-9-5-4-6-10-21)34(29(27)32(37)38)31(36)23-11-7-12-23/h4-6,8-10,13-20,23,25,27-29H,7,11-12H2,1-3H3,(H,37,38). The summed E-state index contributed by atoms with van der Waals surface area (Å²) in [5, 5.41) is 12.5. The molecule has 0 bridgehead atoms. The summed E-state index contributed by atoms with van der Waals surface area (Å²) in [7, 11) is 0. The summed E-state index contributed by atoms with van der Waals surface area (Å²) >= 11 is 1.35. The molecule has 0 spiro atoms. The van der Waals surface area contributed by atoms with Gasteiger partial charge in [0, 0.05) is 11.8 Å². The molecule has 3 aromatic rings. The Morgan fingerprint density at radius 1 is 0.949 bits per heavy atom. The van der Waals surface area contributed by atoms with Gasteiger partial charge in [-0.3, -0.25) is 9.59 Å². The van der Waals surface area contributed by atoms with Gasteiger partial charge < -0.3 is 10.0 Å². The molecule has 2 aromatic carbocycles. The quantitative estimate of drug-likeness (QED) is 0.334. The van der Waals surface area contributed by atoms with Crippen molar-refractivity contribution in [3.63, 3.8) is 0 Å². The molecule has 5 rings (SSSR count). The molecule has 4 atom stereocenters. The number of hydrogen-bond acceptors (Lipinski definition) is 4. The van der Waals surface area contributed by atoms with E-state index in [2.05, 4.69) is 20.8 Å². The van der Waals surface area contributed by atoms with Crippen molar-refractivity contribution in [1.82, 2.24) is 4.90 Å². The van der Waals surface area contributed by atoms with E-state index in [4.69, 9.17) is 0 Å². The number of carbonyl (C=O) groups excluding carboxylic acids is 2. The molecule has 0 radical (unpaired) electrons. The van der Waals surface area contributed by atoms with Gasteiger partial charge in [-0.25, -0.2) is 4.79 Å². The summed E-state index contributed by atoms with van der Waals surface area (Å²) in [5.41, 5.74) is 2.76. The SMILES string of the molecule is CC(C)(C)c1ccc(C2C(C(=O)c3cccs3)C(C=Cc3ccccc3)N(C(=O)C3CCC3)C2C(=O)O)cc1. The van der Waals surface area contributed by atoms with Crippen molar-refractivity contribution >= 4 is 35.1 Å². The predicted octanol–water partition coefficient (Wildman–Crippen LogP) is 6.81. The number of hydrogen-bond donors (Lipinski definition) is 1. The van der Waals surface area contributed by atoms with Crippen LogP contribution in [-0.4, -0.2) is 39.7 Å². The van der Waals surface area contributed by atoms with Crippen LogP contribution in [0.1, 0.15) is 72.3 Å². The average Bonchev–Trinajstić information content (AvgIpc) is 3.53. The Morgan fingerprint density at radius 3 is 2.18 bits per heavy atom. The van der Waals surface area contributed by atoms with Crippen LogP contribution in [0.5, 0.6) is 0 Å². The second kappa shape index (κ2) is 10.9. The minimum atomic E-state index is -1.14. The fourth-order valence-electron chi connectivity index (χ4n) is 5.85. The summed E-state index contributed by atoms with van der Waals surface area (Å²) < 4.78 is 0. The van der Waals surface area contributed by atoms with Crippen molar-refractivity contribution in [2.75, 3.05) is 0 Å². The number of ketones is 1. The zero-order chi connectivity index (χ0) is 27.7. The Morgan fingerprint density at radius 2 is 1.64 bits per heavy atom. The largest absolute Gasteiger partial charge is 0.480 e. The molecule has 6 heteroatoms. The highest BCUT2D eigenvalue weighted by Crippen LogP contribution is 2.47. The van der Waals surface area contributed by atoms with Gasteiger partial charge in [0.15, 0.2) is 5.78 Å². The molecule has 39 heavy (non-hydrogen) atoms. The minimum absolute atomic E-state index is 0.0697. The smallest absolute Gasteiger partial charge is 0.327 e. The van der Waals surface area contributed by atoms with Gasteiger partial charge in [-0.05, 0) is 46.4 Å². The third kappa shape index (κ3) is 5.35. The Labute approximate surface area is 234 Å². The van der Waals surface area contributed by atoms with Crippen LogP contribution in [0.2, 0.25) is 0 Å². The Hall–Kier alpha value is -3.51. The van der Waals surface area contributed by atoms with Crippen LogP contribution >= 0.6 is 11.3 Å². The van der Waals surface area contributed by atoms with Crippen molar-refractivity contribution in [2.45, 2.75) is 63.5 Å². The van der Waals surface area contributed by atoms with Crippen molar-refractivity contribution in [3.05, 3.63) is 99.8 Å². The molecule has 2 aliphatic rings. The van der Waals surface area contributed by atoms with Gasteiger partial charge in [-0.15, -0.1) is 11.3 Å². The van der Waals surface area contributed by atoms with Gasteiger partial charge in [0.2, 0.25) is 5.91 Å². The molecule has 2 fully saturated rings. The molecular formula is C33H35NO4S. The Bertz CT molecular complexity index is 1350. The summed E-state index contributed by atoms with van der Waals surface area (Å²) in [4.78, 5) is 43.2. The highest BCUT2D eigenvalue weighted by Gasteiger charge is 2.57. The molecular weight excluding hydrogens is 506 g/mol. The van der Waals surface area contributed by atoms with Crippen molar-refractivity contribution < 1.29 is 19.5 Å². The zero-order valence-electron chi connectivity index (χ0n) is 22.6. The van der Waals surface area contributed by atoms with Gasteiger partial charge in [0.1, 0.15) is 6.04 Å². The van der Waals surface area contributed by atoms with Crippen LogP contribution in [0, 0.1) is 11.8 Å². The lowest BCUT2D eigenvalue weighted by Gasteiger charge is -2.35. The van der Waals surface area contributed by atoms with Gasteiger partial charge in [0.05, 0.1) is 16.8 Å². The van der Waals surface area contributed by atoms with E-state index in [0.29, 0.717) is 4.88 Å². The van der Waals surface area contributed by atoms with Crippen LogP contribution < -0.4 is 0 Å². The van der Waals surface area contributed by atoms with E-state index in [-0.39, 0.29) is 23.0 Å². The van der Waals surface area contributed by atoms with Crippen LogP contribution in [-0.2, 0) is 15.0 Å². The van der Waals surface area contributed by atoms with E-state index in [0.717, 1.165) is 36.0 Å². The van der Waals surface area contributed by atoms with Crippen molar-refractivity contribution in [3.8, 4) is 0 Å². The topological polar surface area (TPSA) is 74.7 Å². The lowest BCUT2D eigenvalue weighted by atomic mass is 9.77. The molecule has 5 nitrogen and oxygen atoms in total. The monoisotopic (exact) mass is 541 g/mol. The van der Waals surface area contributed by atoms with E-state index in [1.165, 1.54) is 16.2 Å². The van der Waals surface area contributed by atoms with Gasteiger partial charge >= 0.3 is 5.97 Å². The third-order valence-corrected chi connectivity index (χ3v) is 9.08. The summed E-state index contributed by atoms with van der Waals surface area (Å²) in [6.45, 7) is 6.39. The van der Waals surface area contributed by atoms with E-state index in [1.54, 1.807) is 6.07 Å². The molecule has 1 saturated carbocycles. The number of amides is 1. The van der Waals surface area contributed by atoms with Crippen molar-refractivity contribution in [1.29, 1.82) is 0 Å². The van der Waals surface area contributed by atoms with Crippen LogP contribution in [0.25, 0.3) is 6.08 Å². The first-order chi connectivity index (χ1) is 18.7. The van der Waals surface area contributed by atoms with Crippen LogP contribution in [0.3, 0.4) is 0 Å². The summed E-state index contributed by atoms with van der Waals surface area (Å²) in [6, 6.07) is 19.4. The molecule has 4 unspecified atom stereocenters. The fourth-order valence-corrected chi connectivity index (χ4v) is 6.56. The zero-order valence-corrected chi connectivity index (χ0v) is 23.4. The van der Waals surface area contributed by atoms with E-state index >= 15 is 0 Å². The normalized spacial score (nSPS) is 23.6. The summed E-state index contributed by atoms with van der Waals surface area (Å²) in [6.07, 6.45) is 6.25. The Balaban J connectivity index is 1.67. The predicted molar refractivity (Wildman–Crippen MR) is 155 cm³/mol. The first-order valence-corrected chi connectivity index (χ1v) is 14.5. The van der Waals surface area contributed by atoms with Crippen LogP contribution in [0.4, 0.5) is 0 Å². The van der Waals surface area contributed by atoms with E-state index < -0.39 is 29.9 Å². The van der Waals surface area contributed by atoms with E-state index in [9.17, 15) is 19.5 Å². The molecule has 1 saturated heterocycles. The number of rotatable bonds is 7. The summed E-state index contributed by atoms with van der Waals surface area (Å²) in [5.74, 6) is -2.96. The number of Topliss-reactive ketones (excluding diaryl/α,β-unsaturated/α-hetero) is 1. The number of carboxylic acids is 1. The number of nitrogens with zero attached hydrogens (tertiary/aromatic N) is 1. The molecule has 1 aromatic heterocycles. The molecule has 1 amide bonds. The molecule has 1 N–H and O–H groups in total. The molecule has 202 valence electrons. The van der Waals surface area contributed by atoms with E-state index in [1.807, 2.05) is 78.2 Å². The van der Waals surface area contributed by atoms with Gasteiger partial charge in [-0.1, -0.05) is 100 Å². The minimum Gasteiger partial charge on any atom is -0.480 e. The number of carbonyl (C=O) groups is 3. The Kier molecular flexibility index (Phi) is 7.59. The lowest BCUT2D eigenvalue weighted by molar-refractivity contribution is -0.152. The average molecular weight is 542 g/mol. The highest BCUT2D eigenvalue weighted by atomic mass is 32.1. The van der Waals surface area contributed by atoms with Gasteiger partial charge in [-0.2, -0.15) is 0 Å². The van der Waals surface area contributed by atoms with Crippen molar-refractivity contribution in [2.24, 2.45) is 11.8 Å². The first-order valence-electron chi connectivity index (χ1n) is 13.6. The fraction of sp³-hybridized carbons (Fsp3) is 0.364. The molecule has 1 aliphatic carbocycles. The second-order valence-corrected chi connectivity index (χ2v) is 12.6. The molecule has 1 aliphatic heterocycles. The third-order valence-electron chi connectivity index (χ3n) is 8.19. The lowest BCUT2D eigenvalue weighted by Crippen LogP contribution is -2.49. The number of aliphatic carboxylic acids is 1. The maximum Gasteiger partial charge on any atom is 0.327 e. The second-order valence-electron chi connectivity index (χ2n) is 11.7. The highest BCUT2D eigenvalue weighted by molar-refractivity contribution is 7.12.